The summed E-state index contributed by atoms with van der Waals surface area (Å²) in [5.41, 5.74) is 1.72. The Morgan fingerprint density at radius 3 is 2.58 bits per heavy atom. The first-order chi connectivity index (χ1) is 12.8. The smallest absolute Gasteiger partial charge is 0.185 e. The van der Waals surface area contributed by atoms with Gasteiger partial charge in [0.25, 0.3) is 0 Å². The molecule has 1 N–H and O–H groups in total. The summed E-state index contributed by atoms with van der Waals surface area (Å²) in [4.78, 5) is 12.3. The van der Waals surface area contributed by atoms with Gasteiger partial charge in [0.2, 0.25) is 0 Å². The van der Waals surface area contributed by atoms with Crippen LogP contribution in [0.25, 0.3) is 0 Å². The summed E-state index contributed by atoms with van der Waals surface area (Å²) in [5.74, 6) is 0.776. The Morgan fingerprint density at radius 1 is 1.00 bits per heavy atom. The van der Waals surface area contributed by atoms with Crippen LogP contribution in [0.4, 0.5) is 0 Å². The van der Waals surface area contributed by atoms with Gasteiger partial charge in [0, 0.05) is 12.2 Å². The molecule has 0 aromatic heterocycles. The van der Waals surface area contributed by atoms with Crippen LogP contribution in [0, 0.1) is 0 Å². The van der Waals surface area contributed by atoms with E-state index in [0.717, 1.165) is 49.8 Å². The molecule has 0 spiro atoms. The van der Waals surface area contributed by atoms with Gasteiger partial charge >= 0.3 is 0 Å². The number of carbonyl (C=O) groups excluding carboxylic acids is 1. The average Bonchev–Trinajstić information content (AvgIpc) is 2.64. The quantitative estimate of drug-likeness (QED) is 0.273. The summed E-state index contributed by atoms with van der Waals surface area (Å²) >= 11 is 0. The Labute approximate surface area is 156 Å². The van der Waals surface area contributed by atoms with Crippen molar-refractivity contribution in [2.75, 3.05) is 13.2 Å². The van der Waals surface area contributed by atoms with Gasteiger partial charge < -0.3 is 9.84 Å². The van der Waals surface area contributed by atoms with Crippen LogP contribution < -0.4 is 4.74 Å². The van der Waals surface area contributed by atoms with Crippen molar-refractivity contribution in [2.24, 2.45) is 0 Å². The fraction of sp³-hybridized carbons (Fsp3) is 0.348. The van der Waals surface area contributed by atoms with Gasteiger partial charge in [-0.2, -0.15) is 0 Å². The molecule has 0 saturated heterocycles. The molecular formula is C23H28O3. The molecule has 26 heavy (non-hydrogen) atoms. The minimum atomic E-state index is -0.00699. The molecule has 1 aliphatic rings. The second kappa shape index (κ2) is 12.0. The first kappa shape index (κ1) is 19.9. The summed E-state index contributed by atoms with van der Waals surface area (Å²) in [5, 5.41) is 8.73. The molecule has 2 rings (SSSR count). The fourth-order valence-electron chi connectivity index (χ4n) is 2.61. The Kier molecular flexibility index (Phi) is 9.23. The number of unbranched alkanes of at least 4 members (excludes halogenated alkanes) is 3. The maximum absolute atomic E-state index is 12.3. The summed E-state index contributed by atoms with van der Waals surface area (Å²) in [7, 11) is 0. The van der Waals surface area contributed by atoms with Gasteiger partial charge in [-0.25, -0.2) is 0 Å². The third kappa shape index (κ3) is 7.66. The molecule has 3 heteroatoms. The van der Waals surface area contributed by atoms with Gasteiger partial charge in [-0.15, -0.1) is 0 Å². The van der Waals surface area contributed by atoms with Gasteiger partial charge in [0.1, 0.15) is 5.75 Å². The highest BCUT2D eigenvalue weighted by Gasteiger charge is 2.02. The number of aliphatic hydroxyl groups is 1. The molecule has 0 atom stereocenters. The van der Waals surface area contributed by atoms with Crippen LogP contribution in [-0.4, -0.2) is 24.1 Å². The normalized spacial score (nSPS) is 17.3. The number of ketones is 1. The first-order valence-electron chi connectivity index (χ1n) is 9.37. The molecule has 0 saturated carbocycles. The maximum Gasteiger partial charge on any atom is 0.185 e. The van der Waals surface area contributed by atoms with Gasteiger partial charge in [-0.05, 0) is 68.0 Å². The number of allylic oxidation sites excluding steroid dienone is 8. The van der Waals surface area contributed by atoms with E-state index in [9.17, 15) is 4.79 Å². The van der Waals surface area contributed by atoms with E-state index in [-0.39, 0.29) is 12.4 Å². The lowest BCUT2D eigenvalue weighted by Crippen LogP contribution is -1.99. The van der Waals surface area contributed by atoms with Gasteiger partial charge in [-0.1, -0.05) is 42.9 Å². The van der Waals surface area contributed by atoms with E-state index in [2.05, 4.69) is 24.3 Å². The zero-order chi connectivity index (χ0) is 18.5. The SMILES string of the molecule is O=C(/C=C/C1=C/CC=CC/C=C\1)c1ccc(OCCCCCCO)cc1. The van der Waals surface area contributed by atoms with Gasteiger partial charge in [0.05, 0.1) is 6.61 Å². The molecule has 3 nitrogen and oxygen atoms in total. The highest BCUT2D eigenvalue weighted by Crippen LogP contribution is 2.15. The van der Waals surface area contributed by atoms with Crippen LogP contribution in [0.15, 0.2) is 72.4 Å². The Hall–Kier alpha value is -2.39. The third-order valence-corrected chi connectivity index (χ3v) is 4.13. The standard InChI is InChI=1S/C23H28O3/c24-18-8-4-5-9-19-26-22-15-13-21(14-16-22)23(25)17-12-20-10-6-2-1-3-7-11-20/h1-2,7,10-17,24H,3-6,8-9,18-19H2/b2-1?,11-7-,17-12+,20-10+. The van der Waals surface area contributed by atoms with Crippen molar-refractivity contribution in [1.82, 2.24) is 0 Å². The first-order valence-corrected chi connectivity index (χ1v) is 9.37. The number of rotatable bonds is 10. The Balaban J connectivity index is 1.80. The molecule has 0 unspecified atom stereocenters. The number of carbonyl (C=O) groups is 1. The molecule has 1 aromatic rings. The van der Waals surface area contributed by atoms with Crippen LogP contribution in [-0.2, 0) is 0 Å². The number of aliphatic hydroxyl groups excluding tert-OH is 1. The third-order valence-electron chi connectivity index (χ3n) is 4.13. The largest absolute Gasteiger partial charge is 0.494 e. The fourth-order valence-corrected chi connectivity index (χ4v) is 2.61. The topological polar surface area (TPSA) is 46.5 Å². The zero-order valence-electron chi connectivity index (χ0n) is 15.3. The lowest BCUT2D eigenvalue weighted by atomic mass is 10.1. The van der Waals surface area contributed by atoms with Crippen LogP contribution in [0.1, 0.15) is 48.9 Å². The predicted octanol–water partition coefficient (Wildman–Crippen LogP) is 5.19. The van der Waals surface area contributed by atoms with Crippen molar-refractivity contribution >= 4 is 5.78 Å². The minimum Gasteiger partial charge on any atom is -0.494 e. The predicted molar refractivity (Wildman–Crippen MR) is 107 cm³/mol. The van der Waals surface area contributed by atoms with Crippen LogP contribution in [0.5, 0.6) is 5.75 Å². The van der Waals surface area contributed by atoms with Crippen molar-refractivity contribution in [3.63, 3.8) is 0 Å². The molecule has 0 fully saturated rings. The molecule has 1 aromatic carbocycles. The molecule has 0 radical (unpaired) electrons. The highest BCUT2D eigenvalue weighted by atomic mass is 16.5. The number of ether oxygens (including phenoxy) is 1. The van der Waals surface area contributed by atoms with Crippen LogP contribution >= 0.6 is 0 Å². The number of hydrogen-bond acceptors (Lipinski definition) is 3. The van der Waals surface area contributed by atoms with E-state index >= 15 is 0 Å². The maximum atomic E-state index is 12.3. The summed E-state index contributed by atoms with van der Waals surface area (Å²) in [6.07, 6.45) is 19.7. The second-order valence-corrected chi connectivity index (χ2v) is 6.26. The highest BCUT2D eigenvalue weighted by molar-refractivity contribution is 6.04. The molecule has 0 amide bonds. The van der Waals surface area contributed by atoms with E-state index in [0.29, 0.717) is 12.2 Å². The molecule has 138 valence electrons. The Bertz CT molecular complexity index is 663. The molecule has 0 heterocycles. The molecule has 0 bridgehead atoms. The van der Waals surface area contributed by atoms with Crippen molar-refractivity contribution in [1.29, 1.82) is 0 Å². The zero-order valence-corrected chi connectivity index (χ0v) is 15.3. The van der Waals surface area contributed by atoms with Crippen molar-refractivity contribution in [2.45, 2.75) is 38.5 Å². The lowest BCUT2D eigenvalue weighted by molar-refractivity contribution is 0.104. The number of hydrogen-bond donors (Lipinski definition) is 1. The van der Waals surface area contributed by atoms with E-state index in [1.807, 2.05) is 24.3 Å². The summed E-state index contributed by atoms with van der Waals surface area (Å²) < 4.78 is 5.69. The van der Waals surface area contributed by atoms with E-state index in [1.54, 1.807) is 18.2 Å². The van der Waals surface area contributed by atoms with Crippen molar-refractivity contribution < 1.29 is 14.6 Å². The number of benzene rings is 1. The van der Waals surface area contributed by atoms with Crippen LogP contribution in [0.2, 0.25) is 0 Å². The Morgan fingerprint density at radius 2 is 1.77 bits per heavy atom. The second-order valence-electron chi connectivity index (χ2n) is 6.26. The summed E-state index contributed by atoms with van der Waals surface area (Å²) in [6, 6.07) is 7.29. The van der Waals surface area contributed by atoms with E-state index < -0.39 is 0 Å². The average molecular weight is 352 g/mol. The lowest BCUT2D eigenvalue weighted by Gasteiger charge is -2.06. The summed E-state index contributed by atoms with van der Waals surface area (Å²) in [6.45, 7) is 0.920. The molecular weight excluding hydrogens is 324 g/mol. The van der Waals surface area contributed by atoms with E-state index in [1.165, 1.54) is 0 Å². The van der Waals surface area contributed by atoms with Crippen molar-refractivity contribution in [3.05, 3.63) is 77.9 Å². The van der Waals surface area contributed by atoms with E-state index in [4.69, 9.17) is 9.84 Å². The van der Waals surface area contributed by atoms with Crippen LogP contribution in [0.3, 0.4) is 0 Å². The molecule has 0 aliphatic heterocycles. The monoisotopic (exact) mass is 352 g/mol. The van der Waals surface area contributed by atoms with Gasteiger partial charge in [0.15, 0.2) is 5.78 Å². The van der Waals surface area contributed by atoms with Gasteiger partial charge in [-0.3, -0.25) is 4.79 Å². The minimum absolute atomic E-state index is 0.00699. The molecule has 1 aliphatic carbocycles. The van der Waals surface area contributed by atoms with Crippen molar-refractivity contribution in [3.8, 4) is 5.75 Å².